The number of hydrogen-bond donors (Lipinski definition) is 2. The van der Waals surface area contributed by atoms with Crippen LogP contribution in [0.1, 0.15) is 25.5 Å². The summed E-state index contributed by atoms with van der Waals surface area (Å²) < 4.78 is 0. The molecule has 0 spiro atoms. The Bertz CT molecular complexity index is 459. The van der Waals surface area contributed by atoms with Gasteiger partial charge in [-0.1, -0.05) is 0 Å². The SMILES string of the molecule is CC(O)C1CCN(c2ccc(N)c(C#N)n2)CC1. The number of rotatable bonds is 2. The maximum absolute atomic E-state index is 9.56. The van der Waals surface area contributed by atoms with Gasteiger partial charge < -0.3 is 15.7 Å². The largest absolute Gasteiger partial charge is 0.396 e. The summed E-state index contributed by atoms with van der Waals surface area (Å²) >= 11 is 0. The number of nitriles is 1. The van der Waals surface area contributed by atoms with Crippen molar-refractivity contribution in [1.29, 1.82) is 5.26 Å². The van der Waals surface area contributed by atoms with Gasteiger partial charge in [0.05, 0.1) is 11.8 Å². The molecule has 3 N–H and O–H groups in total. The van der Waals surface area contributed by atoms with E-state index in [9.17, 15) is 5.11 Å². The van der Waals surface area contributed by atoms with Crippen molar-refractivity contribution in [2.75, 3.05) is 23.7 Å². The van der Waals surface area contributed by atoms with Crippen LogP contribution in [0.3, 0.4) is 0 Å². The first-order chi connectivity index (χ1) is 8.61. The Hall–Kier alpha value is -1.80. The third kappa shape index (κ3) is 2.54. The van der Waals surface area contributed by atoms with Crippen molar-refractivity contribution in [3.05, 3.63) is 17.8 Å². The van der Waals surface area contributed by atoms with E-state index in [2.05, 4.69) is 9.88 Å². The second kappa shape index (κ2) is 5.23. The lowest BCUT2D eigenvalue weighted by Gasteiger charge is -2.34. The van der Waals surface area contributed by atoms with Crippen molar-refractivity contribution in [2.45, 2.75) is 25.9 Å². The molecule has 0 aromatic carbocycles. The van der Waals surface area contributed by atoms with Crippen LogP contribution in [0.2, 0.25) is 0 Å². The molecule has 1 fully saturated rings. The molecule has 0 saturated carbocycles. The van der Waals surface area contributed by atoms with Crippen LogP contribution in [0.4, 0.5) is 11.5 Å². The Morgan fingerprint density at radius 3 is 2.72 bits per heavy atom. The lowest BCUT2D eigenvalue weighted by molar-refractivity contribution is 0.110. The van der Waals surface area contributed by atoms with Crippen LogP contribution in [0.25, 0.3) is 0 Å². The lowest BCUT2D eigenvalue weighted by Crippen LogP contribution is -2.37. The topological polar surface area (TPSA) is 86.2 Å². The Balaban J connectivity index is 2.08. The summed E-state index contributed by atoms with van der Waals surface area (Å²) in [5, 5.41) is 18.5. The summed E-state index contributed by atoms with van der Waals surface area (Å²) in [6.45, 7) is 3.56. The maximum Gasteiger partial charge on any atom is 0.165 e. The van der Waals surface area contributed by atoms with Gasteiger partial charge in [0.25, 0.3) is 0 Å². The van der Waals surface area contributed by atoms with Gasteiger partial charge in [-0.2, -0.15) is 5.26 Å². The molecule has 0 radical (unpaired) electrons. The number of aromatic nitrogens is 1. The van der Waals surface area contributed by atoms with Crippen LogP contribution in [-0.2, 0) is 0 Å². The predicted molar refractivity (Wildman–Crippen MR) is 70.0 cm³/mol. The first-order valence-corrected chi connectivity index (χ1v) is 6.21. The van der Waals surface area contributed by atoms with Gasteiger partial charge in [0.15, 0.2) is 5.69 Å². The van der Waals surface area contributed by atoms with Crippen molar-refractivity contribution in [2.24, 2.45) is 5.92 Å². The smallest absolute Gasteiger partial charge is 0.165 e. The van der Waals surface area contributed by atoms with Gasteiger partial charge in [0, 0.05) is 13.1 Å². The molecule has 1 aliphatic rings. The fraction of sp³-hybridized carbons (Fsp3) is 0.538. The van der Waals surface area contributed by atoms with Gasteiger partial charge in [-0.15, -0.1) is 0 Å². The molecule has 1 aromatic heterocycles. The molecule has 2 heterocycles. The van der Waals surface area contributed by atoms with E-state index in [-0.39, 0.29) is 11.8 Å². The number of aliphatic hydroxyl groups is 1. The van der Waals surface area contributed by atoms with Crippen LogP contribution in [0, 0.1) is 17.2 Å². The second-order valence-electron chi connectivity index (χ2n) is 4.78. The zero-order chi connectivity index (χ0) is 13.1. The maximum atomic E-state index is 9.56. The molecule has 96 valence electrons. The fourth-order valence-electron chi connectivity index (χ4n) is 2.34. The number of nitrogen functional groups attached to an aromatic ring is 1. The van der Waals surface area contributed by atoms with Crippen molar-refractivity contribution in [3.8, 4) is 6.07 Å². The van der Waals surface area contributed by atoms with E-state index in [1.165, 1.54) is 0 Å². The van der Waals surface area contributed by atoms with Crippen LogP contribution in [0.5, 0.6) is 0 Å². The average Bonchev–Trinajstić information content (AvgIpc) is 2.39. The highest BCUT2D eigenvalue weighted by Crippen LogP contribution is 2.25. The molecule has 5 nitrogen and oxygen atoms in total. The average molecular weight is 246 g/mol. The number of nitrogens with two attached hydrogens (primary N) is 1. The van der Waals surface area contributed by atoms with Crippen molar-refractivity contribution in [3.63, 3.8) is 0 Å². The summed E-state index contributed by atoms with van der Waals surface area (Å²) in [6.07, 6.45) is 1.65. The van der Waals surface area contributed by atoms with Gasteiger partial charge in [-0.05, 0) is 37.8 Å². The van der Waals surface area contributed by atoms with Crippen molar-refractivity contribution < 1.29 is 5.11 Å². The highest BCUT2D eigenvalue weighted by Gasteiger charge is 2.23. The number of anilines is 2. The zero-order valence-corrected chi connectivity index (χ0v) is 10.5. The first kappa shape index (κ1) is 12.7. The number of nitrogens with zero attached hydrogens (tertiary/aromatic N) is 3. The van der Waals surface area contributed by atoms with E-state index in [1.807, 2.05) is 19.1 Å². The van der Waals surface area contributed by atoms with Gasteiger partial charge in [-0.3, -0.25) is 0 Å². The molecule has 1 saturated heterocycles. The van der Waals surface area contributed by atoms with Gasteiger partial charge in [0.1, 0.15) is 11.9 Å². The van der Waals surface area contributed by atoms with Gasteiger partial charge in [-0.25, -0.2) is 4.98 Å². The molecule has 1 aliphatic heterocycles. The third-order valence-electron chi connectivity index (χ3n) is 3.56. The quantitative estimate of drug-likeness (QED) is 0.817. The monoisotopic (exact) mass is 246 g/mol. The summed E-state index contributed by atoms with van der Waals surface area (Å²) in [5.41, 5.74) is 6.35. The summed E-state index contributed by atoms with van der Waals surface area (Å²) in [5.74, 6) is 1.16. The highest BCUT2D eigenvalue weighted by atomic mass is 16.3. The van der Waals surface area contributed by atoms with E-state index in [0.717, 1.165) is 31.7 Å². The van der Waals surface area contributed by atoms with Crippen LogP contribution < -0.4 is 10.6 Å². The molecule has 0 amide bonds. The zero-order valence-electron chi connectivity index (χ0n) is 10.5. The Labute approximate surface area is 107 Å². The minimum absolute atomic E-state index is 0.249. The minimum Gasteiger partial charge on any atom is -0.396 e. The number of hydrogen-bond acceptors (Lipinski definition) is 5. The molecule has 0 bridgehead atoms. The summed E-state index contributed by atoms with van der Waals surface area (Å²) in [6, 6.07) is 5.57. The molecule has 1 atom stereocenters. The number of aliphatic hydroxyl groups excluding tert-OH is 1. The summed E-state index contributed by atoms with van der Waals surface area (Å²) in [7, 11) is 0. The first-order valence-electron chi connectivity index (χ1n) is 6.21. The minimum atomic E-state index is -0.249. The van der Waals surface area contributed by atoms with E-state index in [4.69, 9.17) is 11.0 Å². The van der Waals surface area contributed by atoms with E-state index < -0.39 is 0 Å². The van der Waals surface area contributed by atoms with Crippen LogP contribution >= 0.6 is 0 Å². The molecule has 18 heavy (non-hydrogen) atoms. The molecular formula is C13H18N4O. The Morgan fingerprint density at radius 2 is 2.17 bits per heavy atom. The van der Waals surface area contributed by atoms with E-state index in [1.54, 1.807) is 6.07 Å². The number of pyridine rings is 1. The fourth-order valence-corrected chi connectivity index (χ4v) is 2.34. The third-order valence-corrected chi connectivity index (χ3v) is 3.56. The molecule has 1 aromatic rings. The standard InChI is InChI=1S/C13H18N4O/c1-9(18)10-4-6-17(7-5-10)13-3-2-11(15)12(8-14)16-13/h2-3,9-10,18H,4-7,15H2,1H3. The lowest BCUT2D eigenvalue weighted by atomic mass is 9.92. The molecule has 2 rings (SSSR count). The molecule has 5 heteroatoms. The number of piperidine rings is 1. The van der Waals surface area contributed by atoms with Gasteiger partial charge >= 0.3 is 0 Å². The highest BCUT2D eigenvalue weighted by molar-refractivity contribution is 5.55. The molecule has 0 aliphatic carbocycles. The normalized spacial score (nSPS) is 18.4. The van der Waals surface area contributed by atoms with E-state index in [0.29, 0.717) is 11.6 Å². The molecular weight excluding hydrogens is 228 g/mol. The Kier molecular flexibility index (Phi) is 3.68. The second-order valence-corrected chi connectivity index (χ2v) is 4.78. The van der Waals surface area contributed by atoms with Crippen LogP contribution in [0.15, 0.2) is 12.1 Å². The van der Waals surface area contributed by atoms with Crippen molar-refractivity contribution >= 4 is 11.5 Å². The predicted octanol–water partition coefficient (Wildman–Crippen LogP) is 1.13. The molecule has 1 unspecified atom stereocenters. The van der Waals surface area contributed by atoms with Gasteiger partial charge in [0.2, 0.25) is 0 Å². The Morgan fingerprint density at radius 1 is 1.50 bits per heavy atom. The van der Waals surface area contributed by atoms with Crippen molar-refractivity contribution in [1.82, 2.24) is 4.98 Å². The van der Waals surface area contributed by atoms with Crippen LogP contribution in [-0.4, -0.2) is 29.3 Å². The summed E-state index contributed by atoms with van der Waals surface area (Å²) in [4.78, 5) is 6.40. The van der Waals surface area contributed by atoms with E-state index >= 15 is 0 Å².